The molecule has 4 rings (SSSR count). The summed E-state index contributed by atoms with van der Waals surface area (Å²) in [5.74, 6) is -1.41. The molecule has 348 valence electrons. The first kappa shape index (κ1) is 51.3. The number of phenols is 1. The highest BCUT2D eigenvalue weighted by Crippen LogP contribution is 2.31. The molecule has 4 amide bonds. The highest BCUT2D eigenvalue weighted by molar-refractivity contribution is 7.09. The number of thiazole rings is 1. The van der Waals surface area contributed by atoms with Gasteiger partial charge in [0.25, 0.3) is 0 Å². The normalized spacial score (nSPS) is 18.1. The van der Waals surface area contributed by atoms with Gasteiger partial charge in [-0.3, -0.25) is 24.1 Å². The monoisotopic (exact) mass is 891 g/mol. The molecule has 1 aromatic heterocycles. The maximum Gasteiger partial charge on any atom is 0.245 e. The van der Waals surface area contributed by atoms with Crippen LogP contribution in [0, 0.1) is 23.7 Å². The van der Waals surface area contributed by atoms with E-state index in [9.17, 15) is 24.3 Å². The first-order chi connectivity index (χ1) is 30.0. The van der Waals surface area contributed by atoms with E-state index in [2.05, 4.69) is 29.5 Å². The molecule has 1 aliphatic heterocycles. The van der Waals surface area contributed by atoms with Gasteiger partial charge in [-0.2, -0.15) is 0 Å². The first-order valence-corrected chi connectivity index (χ1v) is 23.5. The second-order valence-electron chi connectivity index (χ2n) is 18.0. The number of ether oxygens (including phenoxy) is 2. The molecule has 13 nitrogen and oxygen atoms in total. The summed E-state index contributed by atoms with van der Waals surface area (Å²) in [5, 5.41) is 18.8. The van der Waals surface area contributed by atoms with Crippen LogP contribution in [0.25, 0.3) is 0 Å². The fourth-order valence-corrected chi connectivity index (χ4v) is 9.85. The quantitative estimate of drug-likeness (QED) is 0.0915. The standard InChI is InChI=1S/C49H74N6O7S/c1-12-33(6)44(54(9)49(60)42(31(2)3)52-47(59)43(32(4)5)53(8)27-24-35-20-22-37(56)23-21-35)40(61-10)30-41(57)55-26-16-19-39(55)45(62-11)34(7)46(58)51-38(48-50-25-28-63-48)29-36-17-14-13-15-18-36/h13-15,17-18,20-23,25,28,31-34,38-40,42-45,56H,12,16,19,24,26-27,29-30H2,1-11H3,(H,51,58)(H,52,59)/t33-,34+,38-,39?,40+,42?,43?,44-,45+/m0/s1. The zero-order valence-corrected chi connectivity index (χ0v) is 40.3. The lowest BCUT2D eigenvalue weighted by Gasteiger charge is -2.41. The van der Waals surface area contributed by atoms with Crippen molar-refractivity contribution < 1.29 is 33.8 Å². The smallest absolute Gasteiger partial charge is 0.245 e. The summed E-state index contributed by atoms with van der Waals surface area (Å²) in [4.78, 5) is 67.1. The van der Waals surface area contributed by atoms with Gasteiger partial charge in [-0.25, -0.2) is 4.98 Å². The van der Waals surface area contributed by atoms with Crippen LogP contribution in [-0.4, -0.2) is 126 Å². The topological polar surface area (TPSA) is 154 Å². The van der Waals surface area contributed by atoms with E-state index < -0.39 is 36.3 Å². The second kappa shape index (κ2) is 24.6. The Labute approximate surface area is 380 Å². The third kappa shape index (κ3) is 13.8. The van der Waals surface area contributed by atoms with Gasteiger partial charge < -0.3 is 35.0 Å². The van der Waals surface area contributed by atoms with Crippen LogP contribution in [0.1, 0.15) is 96.3 Å². The summed E-state index contributed by atoms with van der Waals surface area (Å²) >= 11 is 1.50. The van der Waals surface area contributed by atoms with E-state index in [1.807, 2.05) is 99.3 Å². The summed E-state index contributed by atoms with van der Waals surface area (Å²) < 4.78 is 12.2. The van der Waals surface area contributed by atoms with Crippen molar-refractivity contribution in [2.45, 2.75) is 129 Å². The van der Waals surface area contributed by atoms with Crippen molar-refractivity contribution in [2.75, 3.05) is 41.4 Å². The summed E-state index contributed by atoms with van der Waals surface area (Å²) in [7, 11) is 6.84. The minimum absolute atomic E-state index is 0.0276. The van der Waals surface area contributed by atoms with Gasteiger partial charge in [-0.15, -0.1) is 11.3 Å². The van der Waals surface area contributed by atoms with Crippen LogP contribution in [-0.2, 0) is 41.5 Å². The van der Waals surface area contributed by atoms with Crippen molar-refractivity contribution in [3.63, 3.8) is 0 Å². The Bertz CT molecular complexity index is 1860. The average Bonchev–Trinajstić information content (AvgIpc) is 3.99. The van der Waals surface area contributed by atoms with E-state index in [1.165, 1.54) is 11.3 Å². The molecule has 0 radical (unpaired) electrons. The molecule has 1 saturated heterocycles. The molecule has 1 fully saturated rings. The lowest BCUT2D eigenvalue weighted by molar-refractivity contribution is -0.148. The number of nitrogens with zero attached hydrogens (tertiary/aromatic N) is 4. The average molecular weight is 891 g/mol. The van der Waals surface area contributed by atoms with Crippen LogP contribution >= 0.6 is 11.3 Å². The minimum atomic E-state index is -0.810. The lowest BCUT2D eigenvalue weighted by Crippen LogP contribution is -2.60. The molecule has 0 spiro atoms. The molecular formula is C49H74N6O7S. The second-order valence-corrected chi connectivity index (χ2v) is 19.0. The molecule has 3 unspecified atom stereocenters. The fraction of sp³-hybridized carbons (Fsp3) is 0.612. The van der Waals surface area contributed by atoms with Gasteiger partial charge in [0.05, 0.1) is 48.7 Å². The number of aromatic hydroxyl groups is 1. The van der Waals surface area contributed by atoms with Gasteiger partial charge >= 0.3 is 0 Å². The maximum absolute atomic E-state index is 14.6. The third-order valence-corrected chi connectivity index (χ3v) is 13.8. The summed E-state index contributed by atoms with van der Waals surface area (Å²) in [6.07, 6.45) is 4.04. The van der Waals surface area contributed by atoms with Crippen molar-refractivity contribution in [3.05, 3.63) is 82.3 Å². The zero-order valence-electron chi connectivity index (χ0n) is 39.5. The van der Waals surface area contributed by atoms with Gasteiger partial charge in [-0.1, -0.05) is 97.4 Å². The third-order valence-electron chi connectivity index (χ3n) is 12.9. The van der Waals surface area contributed by atoms with Gasteiger partial charge in [0.1, 0.15) is 16.8 Å². The molecule has 0 saturated carbocycles. The number of methoxy groups -OCH3 is 2. The van der Waals surface area contributed by atoms with Crippen LogP contribution in [0.4, 0.5) is 0 Å². The maximum atomic E-state index is 14.6. The highest BCUT2D eigenvalue weighted by Gasteiger charge is 2.43. The van der Waals surface area contributed by atoms with Crippen molar-refractivity contribution in [3.8, 4) is 5.75 Å². The van der Waals surface area contributed by atoms with Crippen molar-refractivity contribution >= 4 is 35.0 Å². The number of likely N-dealkylation sites (tertiary alicyclic amines) is 1. The molecular weight excluding hydrogens is 817 g/mol. The fourth-order valence-electron chi connectivity index (χ4n) is 9.16. The molecule has 14 heteroatoms. The van der Waals surface area contributed by atoms with Crippen molar-refractivity contribution in [1.82, 2.24) is 30.3 Å². The first-order valence-electron chi connectivity index (χ1n) is 22.7. The summed E-state index contributed by atoms with van der Waals surface area (Å²) in [6, 6.07) is 14.7. The number of likely N-dealkylation sites (N-methyl/N-ethyl adjacent to an activating group) is 2. The molecule has 0 bridgehead atoms. The number of phenolic OH excluding ortho intramolecular Hbond substituents is 1. The molecule has 2 heterocycles. The molecule has 9 atom stereocenters. The number of aromatic nitrogens is 1. The molecule has 3 N–H and O–H groups in total. The van der Waals surface area contributed by atoms with Crippen molar-refractivity contribution in [1.29, 1.82) is 0 Å². The Morgan fingerprint density at radius 2 is 1.59 bits per heavy atom. The predicted octanol–water partition coefficient (Wildman–Crippen LogP) is 6.51. The van der Waals surface area contributed by atoms with Gasteiger partial charge in [-0.05, 0) is 73.7 Å². The Kier molecular flexibility index (Phi) is 20.0. The molecule has 0 aliphatic carbocycles. The Balaban J connectivity index is 1.47. The van der Waals surface area contributed by atoms with Gasteiger partial charge in [0.15, 0.2) is 0 Å². The Morgan fingerprint density at radius 1 is 0.905 bits per heavy atom. The van der Waals surface area contributed by atoms with E-state index in [1.54, 1.807) is 44.5 Å². The summed E-state index contributed by atoms with van der Waals surface area (Å²) in [6.45, 7) is 14.9. The zero-order chi connectivity index (χ0) is 46.4. The number of benzene rings is 2. The largest absolute Gasteiger partial charge is 0.508 e. The number of hydrogen-bond acceptors (Lipinski definition) is 10. The van der Waals surface area contributed by atoms with Gasteiger partial charge in [0.2, 0.25) is 23.6 Å². The van der Waals surface area contributed by atoms with E-state index in [0.717, 1.165) is 29.0 Å². The van der Waals surface area contributed by atoms with Crippen LogP contribution < -0.4 is 10.6 Å². The molecule has 3 aromatic rings. The highest BCUT2D eigenvalue weighted by atomic mass is 32.1. The Hall–Kier alpha value is -4.37. The number of hydrogen-bond donors (Lipinski definition) is 3. The van der Waals surface area contributed by atoms with E-state index in [-0.39, 0.29) is 65.6 Å². The molecule has 63 heavy (non-hydrogen) atoms. The van der Waals surface area contributed by atoms with Crippen molar-refractivity contribution in [2.24, 2.45) is 23.7 Å². The number of nitrogens with one attached hydrogen (secondary N) is 2. The number of amides is 4. The SMILES string of the molecule is CC[C@H](C)[C@@H]([C@@H](CC(=O)N1CCCC1[C@H](OC)[C@@H](C)C(=O)N[C@@H](Cc1ccccc1)c1nccs1)OC)N(C)C(=O)C(NC(=O)C(C(C)C)N(C)CCc1ccc(O)cc1)C(C)C. The van der Waals surface area contributed by atoms with Crippen LogP contribution in [0.3, 0.4) is 0 Å². The lowest BCUT2D eigenvalue weighted by atomic mass is 9.89. The number of rotatable bonds is 24. The molecule has 1 aliphatic rings. The van der Waals surface area contributed by atoms with Gasteiger partial charge in [0, 0.05) is 45.9 Å². The summed E-state index contributed by atoms with van der Waals surface area (Å²) in [5.41, 5.74) is 2.14. The predicted molar refractivity (Wildman–Crippen MR) is 249 cm³/mol. The van der Waals surface area contributed by atoms with E-state index in [0.29, 0.717) is 32.4 Å². The van der Waals surface area contributed by atoms with E-state index in [4.69, 9.17) is 9.47 Å². The van der Waals surface area contributed by atoms with Crippen LogP contribution in [0.15, 0.2) is 66.2 Å². The number of carbonyl (C=O) groups excluding carboxylic acids is 4. The van der Waals surface area contributed by atoms with Crippen LogP contribution in [0.2, 0.25) is 0 Å². The van der Waals surface area contributed by atoms with Crippen LogP contribution in [0.5, 0.6) is 5.75 Å². The number of carbonyl (C=O) groups is 4. The minimum Gasteiger partial charge on any atom is -0.508 e. The Morgan fingerprint density at radius 3 is 2.16 bits per heavy atom. The van der Waals surface area contributed by atoms with E-state index >= 15 is 0 Å². The molecule has 2 aromatic carbocycles.